The summed E-state index contributed by atoms with van der Waals surface area (Å²) in [5.41, 5.74) is -0.952. The molecule has 0 saturated carbocycles. The largest absolute Gasteiger partial charge is 0.384 e. The van der Waals surface area contributed by atoms with E-state index in [1.54, 1.807) is 21.0 Å². The summed E-state index contributed by atoms with van der Waals surface area (Å²) in [6, 6.07) is 1.95. The first-order valence-corrected chi connectivity index (χ1v) is 4.62. The highest BCUT2D eigenvalue weighted by molar-refractivity contribution is 5.84. The minimum absolute atomic E-state index is 0.233. The van der Waals surface area contributed by atoms with Gasteiger partial charge in [-0.25, -0.2) is 0 Å². The molecule has 1 amide bonds. The molecule has 0 heterocycles. The molecule has 0 saturated heterocycles. The summed E-state index contributed by atoms with van der Waals surface area (Å²) in [4.78, 5) is 11.4. The number of methoxy groups -OCH3 is 1. The molecule has 0 fully saturated rings. The fourth-order valence-corrected chi connectivity index (χ4v) is 0.882. The lowest BCUT2D eigenvalue weighted by atomic mass is 9.94. The third kappa shape index (κ3) is 4.24. The Kier molecular flexibility index (Phi) is 5.18. The Bertz CT molecular complexity index is 231. The van der Waals surface area contributed by atoms with Gasteiger partial charge in [-0.05, 0) is 19.8 Å². The quantitative estimate of drug-likeness (QED) is 0.715. The molecule has 0 aromatic rings. The Hall–Kier alpha value is -1.08. The van der Waals surface area contributed by atoms with E-state index < -0.39 is 5.41 Å². The Morgan fingerprint density at radius 2 is 2.21 bits per heavy atom. The van der Waals surface area contributed by atoms with Crippen LogP contribution in [0.2, 0.25) is 0 Å². The summed E-state index contributed by atoms with van der Waals surface area (Å²) in [5, 5.41) is 11.4. The molecule has 1 atom stereocenters. The highest BCUT2D eigenvalue weighted by Gasteiger charge is 2.26. The van der Waals surface area contributed by atoms with Crippen LogP contribution in [-0.2, 0) is 9.53 Å². The molecule has 80 valence electrons. The van der Waals surface area contributed by atoms with E-state index in [-0.39, 0.29) is 11.8 Å². The lowest BCUT2D eigenvalue weighted by Gasteiger charge is -2.17. The van der Waals surface area contributed by atoms with Crippen molar-refractivity contribution in [3.8, 4) is 6.07 Å². The number of hydrogen-bond donors (Lipinski definition) is 1. The van der Waals surface area contributed by atoms with Gasteiger partial charge in [0.25, 0.3) is 0 Å². The predicted molar refractivity (Wildman–Crippen MR) is 53.4 cm³/mol. The summed E-state index contributed by atoms with van der Waals surface area (Å²) < 4.78 is 4.93. The molecule has 0 aromatic carbocycles. The minimum atomic E-state index is -0.952. The zero-order valence-electron chi connectivity index (χ0n) is 9.26. The first-order valence-electron chi connectivity index (χ1n) is 4.62. The van der Waals surface area contributed by atoms with E-state index in [1.165, 1.54) is 0 Å². The lowest BCUT2D eigenvalue weighted by Crippen LogP contribution is -2.38. The number of ether oxygens (including phenoxy) is 1. The van der Waals surface area contributed by atoms with Gasteiger partial charge in [0.1, 0.15) is 5.41 Å². The molecule has 4 nitrogen and oxygen atoms in total. The summed E-state index contributed by atoms with van der Waals surface area (Å²) >= 11 is 0. The molecule has 14 heavy (non-hydrogen) atoms. The van der Waals surface area contributed by atoms with Crippen molar-refractivity contribution in [1.82, 2.24) is 5.32 Å². The van der Waals surface area contributed by atoms with E-state index in [2.05, 4.69) is 5.32 Å². The molecule has 0 aromatic heterocycles. The van der Waals surface area contributed by atoms with Crippen LogP contribution in [-0.4, -0.2) is 26.2 Å². The third-order valence-electron chi connectivity index (χ3n) is 1.91. The summed E-state index contributed by atoms with van der Waals surface area (Å²) in [5.74, 6) is 0.0291. The van der Waals surface area contributed by atoms with E-state index in [0.717, 1.165) is 0 Å². The Labute approximate surface area is 85.2 Å². The number of nitrogens with one attached hydrogen (secondary N) is 1. The van der Waals surface area contributed by atoms with E-state index in [9.17, 15) is 4.79 Å². The molecule has 1 unspecified atom stereocenters. The van der Waals surface area contributed by atoms with Crippen molar-refractivity contribution in [1.29, 1.82) is 5.26 Å². The number of nitrogens with zero attached hydrogens (tertiary/aromatic N) is 1. The predicted octanol–water partition coefficient (Wildman–Crippen LogP) is 0.935. The van der Waals surface area contributed by atoms with Crippen LogP contribution in [0.4, 0.5) is 0 Å². The second-order valence-corrected chi connectivity index (χ2v) is 4.01. The van der Waals surface area contributed by atoms with Crippen molar-refractivity contribution >= 4 is 5.91 Å². The SMILES string of the molecule is COCC(C)CNC(=O)C(C)(C)C#N. The zero-order valence-corrected chi connectivity index (χ0v) is 9.26. The first-order chi connectivity index (χ1) is 6.44. The van der Waals surface area contributed by atoms with Gasteiger partial charge in [-0.15, -0.1) is 0 Å². The summed E-state index contributed by atoms with van der Waals surface area (Å²) in [6.07, 6.45) is 0. The van der Waals surface area contributed by atoms with Gasteiger partial charge in [0.15, 0.2) is 0 Å². The van der Waals surface area contributed by atoms with Crippen LogP contribution in [0.1, 0.15) is 20.8 Å². The van der Waals surface area contributed by atoms with E-state index >= 15 is 0 Å². The van der Waals surface area contributed by atoms with Crippen LogP contribution < -0.4 is 5.32 Å². The maximum absolute atomic E-state index is 11.4. The van der Waals surface area contributed by atoms with Crippen LogP contribution in [0.15, 0.2) is 0 Å². The number of hydrogen-bond acceptors (Lipinski definition) is 3. The number of carbonyl (C=O) groups excluding carboxylic acids is 1. The number of rotatable bonds is 5. The lowest BCUT2D eigenvalue weighted by molar-refractivity contribution is -0.127. The van der Waals surface area contributed by atoms with E-state index in [0.29, 0.717) is 13.2 Å². The Morgan fingerprint density at radius 3 is 2.64 bits per heavy atom. The Morgan fingerprint density at radius 1 is 1.64 bits per heavy atom. The van der Waals surface area contributed by atoms with Crippen LogP contribution in [0, 0.1) is 22.7 Å². The monoisotopic (exact) mass is 198 g/mol. The van der Waals surface area contributed by atoms with Gasteiger partial charge in [-0.1, -0.05) is 6.92 Å². The molecule has 1 N–H and O–H groups in total. The zero-order chi connectivity index (χ0) is 11.2. The van der Waals surface area contributed by atoms with Gasteiger partial charge in [-0.2, -0.15) is 5.26 Å². The second kappa shape index (κ2) is 5.61. The maximum atomic E-state index is 11.4. The summed E-state index contributed by atoms with van der Waals surface area (Å²) in [6.45, 7) is 6.32. The van der Waals surface area contributed by atoms with Crippen molar-refractivity contribution in [2.45, 2.75) is 20.8 Å². The average molecular weight is 198 g/mol. The standard InChI is InChI=1S/C10H18N2O2/c1-8(6-14-4)5-12-9(13)10(2,3)7-11/h8H,5-6H2,1-4H3,(H,12,13). The highest BCUT2D eigenvalue weighted by Crippen LogP contribution is 2.12. The van der Waals surface area contributed by atoms with Crippen molar-refractivity contribution in [2.75, 3.05) is 20.3 Å². The molecular weight excluding hydrogens is 180 g/mol. The molecule has 0 rings (SSSR count). The van der Waals surface area contributed by atoms with E-state index in [4.69, 9.17) is 10.00 Å². The van der Waals surface area contributed by atoms with Crippen LogP contribution in [0.3, 0.4) is 0 Å². The molecule has 0 radical (unpaired) electrons. The summed E-state index contributed by atoms with van der Waals surface area (Å²) in [7, 11) is 1.62. The van der Waals surface area contributed by atoms with Gasteiger partial charge in [0, 0.05) is 13.7 Å². The molecular formula is C10H18N2O2. The van der Waals surface area contributed by atoms with Crippen LogP contribution in [0.5, 0.6) is 0 Å². The van der Waals surface area contributed by atoms with Crippen LogP contribution >= 0.6 is 0 Å². The van der Waals surface area contributed by atoms with Gasteiger partial charge >= 0.3 is 0 Å². The number of amides is 1. The average Bonchev–Trinajstić information content (AvgIpc) is 2.14. The van der Waals surface area contributed by atoms with Crippen LogP contribution in [0.25, 0.3) is 0 Å². The van der Waals surface area contributed by atoms with Crippen molar-refractivity contribution in [3.05, 3.63) is 0 Å². The number of nitriles is 1. The smallest absolute Gasteiger partial charge is 0.239 e. The fraction of sp³-hybridized carbons (Fsp3) is 0.800. The normalized spacial score (nSPS) is 13.1. The minimum Gasteiger partial charge on any atom is -0.384 e. The maximum Gasteiger partial charge on any atom is 0.239 e. The van der Waals surface area contributed by atoms with E-state index in [1.807, 2.05) is 13.0 Å². The topological polar surface area (TPSA) is 62.1 Å². The molecule has 0 aliphatic rings. The van der Waals surface area contributed by atoms with Gasteiger partial charge < -0.3 is 10.1 Å². The Balaban J connectivity index is 3.92. The van der Waals surface area contributed by atoms with Crippen molar-refractivity contribution in [2.24, 2.45) is 11.3 Å². The second-order valence-electron chi connectivity index (χ2n) is 4.01. The third-order valence-corrected chi connectivity index (χ3v) is 1.91. The molecule has 0 bridgehead atoms. The van der Waals surface area contributed by atoms with Crippen molar-refractivity contribution in [3.63, 3.8) is 0 Å². The van der Waals surface area contributed by atoms with Gasteiger partial charge in [0.2, 0.25) is 5.91 Å². The van der Waals surface area contributed by atoms with Gasteiger partial charge in [0.05, 0.1) is 12.7 Å². The highest BCUT2D eigenvalue weighted by atomic mass is 16.5. The molecule has 4 heteroatoms. The van der Waals surface area contributed by atoms with Gasteiger partial charge in [-0.3, -0.25) is 4.79 Å². The molecule has 0 aliphatic heterocycles. The molecule has 0 spiro atoms. The first kappa shape index (κ1) is 12.9. The number of carbonyl (C=O) groups is 1. The fourth-order valence-electron chi connectivity index (χ4n) is 0.882. The van der Waals surface area contributed by atoms with Crippen molar-refractivity contribution < 1.29 is 9.53 Å². The molecule has 0 aliphatic carbocycles.